The maximum atomic E-state index is 13.5. The van der Waals surface area contributed by atoms with Crippen LogP contribution in [0.4, 0.5) is 0 Å². The average molecular weight is 414 g/mol. The van der Waals surface area contributed by atoms with Crippen LogP contribution in [-0.4, -0.2) is 60.6 Å². The molecule has 0 radical (unpaired) electrons. The molecule has 30 heavy (non-hydrogen) atoms. The van der Waals surface area contributed by atoms with E-state index < -0.39 is 0 Å². The number of piperidine rings is 1. The fraction of sp³-hybridized carbons (Fsp3) is 0.652. The van der Waals surface area contributed by atoms with Crippen LogP contribution >= 0.6 is 0 Å². The van der Waals surface area contributed by atoms with Crippen LogP contribution in [0.15, 0.2) is 18.2 Å². The normalized spacial score (nSPS) is 31.2. The van der Waals surface area contributed by atoms with E-state index in [1.807, 2.05) is 24.0 Å². The highest BCUT2D eigenvalue weighted by atomic mass is 16.7. The molecule has 2 amide bonds. The molecule has 1 aromatic carbocycles. The Bertz CT molecular complexity index is 821. The van der Waals surface area contributed by atoms with E-state index in [0.29, 0.717) is 12.7 Å². The molecule has 1 saturated carbocycles. The fourth-order valence-corrected chi connectivity index (χ4v) is 5.65. The summed E-state index contributed by atoms with van der Waals surface area (Å²) in [7, 11) is 0. The molecule has 162 valence electrons. The van der Waals surface area contributed by atoms with Gasteiger partial charge in [-0.3, -0.25) is 14.5 Å². The van der Waals surface area contributed by atoms with Gasteiger partial charge in [0.2, 0.25) is 18.6 Å². The molecule has 3 aliphatic heterocycles. The molecule has 0 aromatic heterocycles. The Morgan fingerprint density at radius 1 is 1.10 bits per heavy atom. The minimum absolute atomic E-state index is 0.0537. The van der Waals surface area contributed by atoms with Crippen molar-refractivity contribution in [2.24, 2.45) is 17.8 Å². The number of carbonyl (C=O) groups excluding carboxylic acids is 2. The van der Waals surface area contributed by atoms with Gasteiger partial charge in [-0.2, -0.15) is 0 Å². The summed E-state index contributed by atoms with van der Waals surface area (Å²) >= 11 is 0. The lowest BCUT2D eigenvalue weighted by molar-refractivity contribution is -0.150. The van der Waals surface area contributed by atoms with Gasteiger partial charge in [0, 0.05) is 44.7 Å². The van der Waals surface area contributed by atoms with Crippen LogP contribution in [0.2, 0.25) is 0 Å². The third-order valence-electron chi connectivity index (χ3n) is 7.37. The average Bonchev–Trinajstić information content (AvgIpc) is 3.23. The third-order valence-corrected chi connectivity index (χ3v) is 7.37. The Balaban J connectivity index is 1.20. The predicted molar refractivity (Wildman–Crippen MR) is 111 cm³/mol. The van der Waals surface area contributed by atoms with Crippen molar-refractivity contribution in [2.45, 2.75) is 45.2 Å². The van der Waals surface area contributed by atoms with Gasteiger partial charge < -0.3 is 19.7 Å². The van der Waals surface area contributed by atoms with Crippen LogP contribution in [0.3, 0.4) is 0 Å². The molecule has 0 bridgehead atoms. The molecule has 7 heteroatoms. The van der Waals surface area contributed by atoms with E-state index in [0.717, 1.165) is 69.9 Å². The standard InChI is InChI=1S/C23H31N3O4/c1-15-21(17-4-2-3-5-18(17)24-22(15)27)23(28)26-10-8-25(9-11-26)13-16-6-7-19-20(12-16)30-14-29-19/h6-7,12,15,17-18,21H,2-5,8-11,13-14H2,1H3,(H,24,27). The molecule has 2 saturated heterocycles. The number of fused-ring (bicyclic) bond motifs is 2. The Morgan fingerprint density at radius 3 is 2.70 bits per heavy atom. The van der Waals surface area contributed by atoms with Crippen LogP contribution in [0, 0.1) is 17.8 Å². The number of nitrogens with one attached hydrogen (secondary N) is 1. The lowest BCUT2D eigenvalue weighted by Crippen LogP contribution is -2.60. The summed E-state index contributed by atoms with van der Waals surface area (Å²) in [5.41, 5.74) is 1.20. The van der Waals surface area contributed by atoms with Gasteiger partial charge in [0.1, 0.15) is 0 Å². The molecule has 4 unspecified atom stereocenters. The highest BCUT2D eigenvalue weighted by molar-refractivity contribution is 5.89. The molecule has 5 rings (SSSR count). The largest absolute Gasteiger partial charge is 0.454 e. The van der Waals surface area contributed by atoms with Gasteiger partial charge in [-0.15, -0.1) is 0 Å². The number of rotatable bonds is 3. The van der Waals surface area contributed by atoms with E-state index in [1.54, 1.807) is 0 Å². The van der Waals surface area contributed by atoms with Crippen molar-refractivity contribution in [3.8, 4) is 11.5 Å². The fourth-order valence-electron chi connectivity index (χ4n) is 5.65. The Morgan fingerprint density at radius 2 is 1.87 bits per heavy atom. The molecule has 1 aliphatic carbocycles. The van der Waals surface area contributed by atoms with Crippen molar-refractivity contribution in [3.05, 3.63) is 23.8 Å². The second-order valence-electron chi connectivity index (χ2n) is 9.17. The second kappa shape index (κ2) is 8.10. The first-order valence-electron chi connectivity index (χ1n) is 11.3. The van der Waals surface area contributed by atoms with Gasteiger partial charge in [-0.1, -0.05) is 25.8 Å². The minimum atomic E-state index is -0.233. The topological polar surface area (TPSA) is 71.1 Å². The number of benzene rings is 1. The van der Waals surface area contributed by atoms with Crippen molar-refractivity contribution in [1.29, 1.82) is 0 Å². The molecule has 1 N–H and O–H groups in total. The number of carbonyl (C=O) groups is 2. The van der Waals surface area contributed by atoms with Crippen molar-refractivity contribution in [1.82, 2.24) is 15.1 Å². The number of hydrogen-bond acceptors (Lipinski definition) is 5. The van der Waals surface area contributed by atoms with E-state index in [-0.39, 0.29) is 29.7 Å². The van der Waals surface area contributed by atoms with Gasteiger partial charge in [-0.25, -0.2) is 0 Å². The van der Waals surface area contributed by atoms with Gasteiger partial charge in [0.15, 0.2) is 11.5 Å². The van der Waals surface area contributed by atoms with Crippen molar-refractivity contribution < 1.29 is 19.1 Å². The van der Waals surface area contributed by atoms with Gasteiger partial charge in [0.05, 0.1) is 5.92 Å². The Kier molecular flexibility index (Phi) is 5.31. The van der Waals surface area contributed by atoms with E-state index in [2.05, 4.69) is 16.3 Å². The monoisotopic (exact) mass is 413 g/mol. The van der Waals surface area contributed by atoms with Crippen molar-refractivity contribution >= 4 is 11.8 Å². The Labute approximate surface area is 177 Å². The van der Waals surface area contributed by atoms with Crippen molar-refractivity contribution in [3.63, 3.8) is 0 Å². The predicted octanol–water partition coefficient (Wildman–Crippen LogP) is 2.00. The van der Waals surface area contributed by atoms with Crippen LogP contribution in [0.1, 0.15) is 38.2 Å². The van der Waals surface area contributed by atoms with E-state index in [4.69, 9.17) is 9.47 Å². The van der Waals surface area contributed by atoms with Gasteiger partial charge >= 0.3 is 0 Å². The summed E-state index contributed by atoms with van der Waals surface area (Å²) in [6.07, 6.45) is 4.37. The molecule has 3 fully saturated rings. The number of amides is 2. The summed E-state index contributed by atoms with van der Waals surface area (Å²) in [4.78, 5) is 30.3. The van der Waals surface area contributed by atoms with Crippen LogP contribution in [-0.2, 0) is 16.1 Å². The first-order chi connectivity index (χ1) is 14.6. The highest BCUT2D eigenvalue weighted by Gasteiger charge is 2.47. The van der Waals surface area contributed by atoms with Crippen LogP contribution < -0.4 is 14.8 Å². The van der Waals surface area contributed by atoms with Crippen LogP contribution in [0.25, 0.3) is 0 Å². The van der Waals surface area contributed by atoms with Crippen LogP contribution in [0.5, 0.6) is 11.5 Å². The number of nitrogens with zero attached hydrogens (tertiary/aromatic N) is 2. The smallest absolute Gasteiger partial charge is 0.231 e. The van der Waals surface area contributed by atoms with E-state index in [9.17, 15) is 9.59 Å². The summed E-state index contributed by atoms with van der Waals surface area (Å²) in [6.45, 7) is 6.21. The first-order valence-corrected chi connectivity index (χ1v) is 11.3. The molecular weight excluding hydrogens is 382 g/mol. The molecule has 0 spiro atoms. The molecule has 4 atom stereocenters. The lowest BCUT2D eigenvalue weighted by atomic mass is 9.68. The molecular formula is C23H31N3O4. The minimum Gasteiger partial charge on any atom is -0.454 e. The second-order valence-corrected chi connectivity index (χ2v) is 9.17. The zero-order chi connectivity index (χ0) is 20.7. The molecule has 4 aliphatic rings. The van der Waals surface area contributed by atoms with Gasteiger partial charge in [-0.05, 0) is 36.5 Å². The number of hydrogen-bond donors (Lipinski definition) is 1. The number of ether oxygens (including phenoxy) is 2. The zero-order valence-corrected chi connectivity index (χ0v) is 17.6. The van der Waals surface area contributed by atoms with Gasteiger partial charge in [0.25, 0.3) is 0 Å². The third kappa shape index (κ3) is 3.64. The van der Waals surface area contributed by atoms with E-state index >= 15 is 0 Å². The summed E-state index contributed by atoms with van der Waals surface area (Å²) in [5.74, 6) is 1.77. The maximum Gasteiger partial charge on any atom is 0.231 e. The zero-order valence-electron chi connectivity index (χ0n) is 17.6. The SMILES string of the molecule is CC1C(=O)NC2CCCCC2C1C(=O)N1CCN(Cc2ccc3c(c2)OCO3)CC1. The quantitative estimate of drug-likeness (QED) is 0.821. The maximum absolute atomic E-state index is 13.5. The first kappa shape index (κ1) is 19.7. The highest BCUT2D eigenvalue weighted by Crippen LogP contribution is 2.39. The number of piperazine rings is 1. The summed E-state index contributed by atoms with van der Waals surface area (Å²) in [6, 6.07) is 6.28. The van der Waals surface area contributed by atoms with E-state index in [1.165, 1.54) is 5.56 Å². The summed E-state index contributed by atoms with van der Waals surface area (Å²) < 4.78 is 10.9. The molecule has 3 heterocycles. The summed E-state index contributed by atoms with van der Waals surface area (Å²) in [5, 5.41) is 3.17. The Hall–Kier alpha value is -2.28. The lowest BCUT2D eigenvalue weighted by Gasteiger charge is -2.46. The molecule has 1 aromatic rings. The molecule has 7 nitrogen and oxygen atoms in total. The van der Waals surface area contributed by atoms with Crippen molar-refractivity contribution in [2.75, 3.05) is 33.0 Å².